The fourth-order valence-electron chi connectivity index (χ4n) is 2.04. The Bertz CT molecular complexity index is 683. The molecule has 90 valence electrons. The summed E-state index contributed by atoms with van der Waals surface area (Å²) in [6, 6.07) is 8.31. The number of nitrogens with zero attached hydrogens (tertiary/aromatic N) is 2. The summed E-state index contributed by atoms with van der Waals surface area (Å²) in [5.74, 6) is 0. The maximum Gasteiger partial charge on any atom is 0.105 e. The zero-order chi connectivity index (χ0) is 12.5. The number of aryl methyl sites for hydroxylation is 1. The van der Waals surface area contributed by atoms with E-state index in [1.807, 2.05) is 6.07 Å². The number of nitrogens with one attached hydrogen (secondary N) is 1. The molecule has 0 aliphatic carbocycles. The standard InChI is InChI=1S/C14H14N4/c1-9-3-2-4-12-11(9)5-13(18-12)14-8-16-10(6-15)7-17-14/h2-5,7-8,18H,6,15H2,1H3. The molecule has 0 aliphatic heterocycles. The van der Waals surface area contributed by atoms with Crippen molar-refractivity contribution in [3.63, 3.8) is 0 Å². The molecule has 1 aromatic carbocycles. The molecule has 0 spiro atoms. The van der Waals surface area contributed by atoms with Gasteiger partial charge >= 0.3 is 0 Å². The largest absolute Gasteiger partial charge is 0.353 e. The quantitative estimate of drug-likeness (QED) is 0.720. The minimum atomic E-state index is 0.416. The summed E-state index contributed by atoms with van der Waals surface area (Å²) in [4.78, 5) is 12.0. The second kappa shape index (κ2) is 4.23. The highest BCUT2D eigenvalue weighted by atomic mass is 14.8. The van der Waals surface area contributed by atoms with Crippen molar-refractivity contribution < 1.29 is 0 Å². The summed E-state index contributed by atoms with van der Waals surface area (Å²) in [5, 5.41) is 1.22. The fraction of sp³-hybridized carbons (Fsp3) is 0.143. The van der Waals surface area contributed by atoms with E-state index in [2.05, 4.69) is 40.1 Å². The predicted octanol–water partition coefficient (Wildman–Crippen LogP) is 2.39. The molecule has 0 saturated heterocycles. The first-order valence-corrected chi connectivity index (χ1v) is 5.87. The molecule has 0 aliphatic rings. The van der Waals surface area contributed by atoms with E-state index in [0.717, 1.165) is 22.6 Å². The molecular weight excluding hydrogens is 224 g/mol. The molecule has 18 heavy (non-hydrogen) atoms. The zero-order valence-corrected chi connectivity index (χ0v) is 10.1. The minimum Gasteiger partial charge on any atom is -0.353 e. The van der Waals surface area contributed by atoms with Crippen LogP contribution in [-0.4, -0.2) is 15.0 Å². The van der Waals surface area contributed by atoms with Crippen LogP contribution in [0.2, 0.25) is 0 Å². The third kappa shape index (κ3) is 1.76. The van der Waals surface area contributed by atoms with Gasteiger partial charge in [0.15, 0.2) is 0 Å². The molecule has 0 fully saturated rings. The molecule has 2 heterocycles. The highest BCUT2D eigenvalue weighted by Gasteiger charge is 2.06. The van der Waals surface area contributed by atoms with Gasteiger partial charge in [-0.1, -0.05) is 12.1 Å². The molecule has 3 N–H and O–H groups in total. The Kier molecular flexibility index (Phi) is 2.57. The van der Waals surface area contributed by atoms with Crippen LogP contribution >= 0.6 is 0 Å². The van der Waals surface area contributed by atoms with E-state index in [1.54, 1.807) is 12.4 Å². The number of nitrogens with two attached hydrogens (primary N) is 1. The third-order valence-corrected chi connectivity index (χ3v) is 3.07. The summed E-state index contributed by atoms with van der Waals surface area (Å²) in [7, 11) is 0. The topological polar surface area (TPSA) is 67.6 Å². The van der Waals surface area contributed by atoms with Crippen LogP contribution in [0, 0.1) is 6.92 Å². The average Bonchev–Trinajstić information content (AvgIpc) is 2.84. The molecule has 3 aromatic rings. The molecule has 2 aromatic heterocycles. The van der Waals surface area contributed by atoms with E-state index in [0.29, 0.717) is 6.54 Å². The summed E-state index contributed by atoms with van der Waals surface area (Å²) < 4.78 is 0. The maximum atomic E-state index is 5.51. The molecule has 0 radical (unpaired) electrons. The summed E-state index contributed by atoms with van der Waals surface area (Å²) in [6.07, 6.45) is 3.47. The van der Waals surface area contributed by atoms with Crippen molar-refractivity contribution in [2.24, 2.45) is 5.73 Å². The van der Waals surface area contributed by atoms with Gasteiger partial charge in [-0.3, -0.25) is 9.97 Å². The Morgan fingerprint density at radius 3 is 2.78 bits per heavy atom. The number of fused-ring (bicyclic) bond motifs is 1. The van der Waals surface area contributed by atoms with Crippen LogP contribution < -0.4 is 5.73 Å². The highest BCUT2D eigenvalue weighted by Crippen LogP contribution is 2.24. The Hall–Kier alpha value is -2.20. The average molecular weight is 238 g/mol. The summed E-state index contributed by atoms with van der Waals surface area (Å²) in [6.45, 7) is 2.52. The van der Waals surface area contributed by atoms with Crippen LogP contribution in [0.1, 0.15) is 11.3 Å². The molecule has 3 rings (SSSR count). The molecule has 0 atom stereocenters. The SMILES string of the molecule is Cc1cccc2[nH]c(-c3cnc(CN)cn3)cc12. The van der Waals surface area contributed by atoms with Crippen LogP contribution in [-0.2, 0) is 6.54 Å². The molecule has 4 heteroatoms. The molecular formula is C14H14N4. The van der Waals surface area contributed by atoms with Gasteiger partial charge in [0.05, 0.1) is 23.8 Å². The normalized spacial score (nSPS) is 11.0. The second-order valence-electron chi connectivity index (χ2n) is 4.32. The van der Waals surface area contributed by atoms with Crippen molar-refractivity contribution in [2.75, 3.05) is 0 Å². The van der Waals surface area contributed by atoms with Crippen molar-refractivity contribution >= 4 is 10.9 Å². The van der Waals surface area contributed by atoms with E-state index in [1.165, 1.54) is 10.9 Å². The van der Waals surface area contributed by atoms with Gasteiger partial charge in [0, 0.05) is 17.4 Å². The molecule has 0 bridgehead atoms. The van der Waals surface area contributed by atoms with Gasteiger partial charge in [0.2, 0.25) is 0 Å². The highest BCUT2D eigenvalue weighted by molar-refractivity contribution is 5.87. The first kappa shape index (κ1) is 10.9. The molecule has 0 amide bonds. The lowest BCUT2D eigenvalue weighted by molar-refractivity contribution is 0.965. The number of H-pyrrole nitrogens is 1. The Balaban J connectivity index is 2.10. The van der Waals surface area contributed by atoms with Gasteiger partial charge in [-0.15, -0.1) is 0 Å². The molecule has 0 saturated carbocycles. The third-order valence-electron chi connectivity index (χ3n) is 3.07. The van der Waals surface area contributed by atoms with Crippen LogP contribution in [0.3, 0.4) is 0 Å². The van der Waals surface area contributed by atoms with Gasteiger partial charge in [-0.2, -0.15) is 0 Å². The molecule has 0 unspecified atom stereocenters. The van der Waals surface area contributed by atoms with Crippen LogP contribution in [0.5, 0.6) is 0 Å². The second-order valence-corrected chi connectivity index (χ2v) is 4.32. The van der Waals surface area contributed by atoms with E-state index >= 15 is 0 Å². The van der Waals surface area contributed by atoms with E-state index in [4.69, 9.17) is 5.73 Å². The predicted molar refractivity (Wildman–Crippen MR) is 72.0 cm³/mol. The van der Waals surface area contributed by atoms with Crippen molar-refractivity contribution in [3.8, 4) is 11.4 Å². The van der Waals surface area contributed by atoms with Crippen molar-refractivity contribution in [1.82, 2.24) is 15.0 Å². The lowest BCUT2D eigenvalue weighted by Crippen LogP contribution is -2.00. The van der Waals surface area contributed by atoms with Gasteiger partial charge in [-0.05, 0) is 24.6 Å². The van der Waals surface area contributed by atoms with Gasteiger partial charge in [-0.25, -0.2) is 0 Å². The number of aromatic amines is 1. The number of benzene rings is 1. The monoisotopic (exact) mass is 238 g/mol. The van der Waals surface area contributed by atoms with Gasteiger partial charge < -0.3 is 10.7 Å². The molecule has 4 nitrogen and oxygen atoms in total. The number of rotatable bonds is 2. The Labute approximate surface area is 105 Å². The van der Waals surface area contributed by atoms with Crippen LogP contribution in [0.4, 0.5) is 0 Å². The lowest BCUT2D eigenvalue weighted by atomic mass is 10.1. The fourth-order valence-corrected chi connectivity index (χ4v) is 2.04. The first-order chi connectivity index (χ1) is 8.78. The van der Waals surface area contributed by atoms with E-state index < -0.39 is 0 Å². The first-order valence-electron chi connectivity index (χ1n) is 5.87. The lowest BCUT2D eigenvalue weighted by Gasteiger charge is -1.98. The summed E-state index contributed by atoms with van der Waals surface area (Å²) >= 11 is 0. The number of aromatic nitrogens is 3. The smallest absolute Gasteiger partial charge is 0.105 e. The van der Waals surface area contributed by atoms with Crippen molar-refractivity contribution in [2.45, 2.75) is 13.5 Å². The van der Waals surface area contributed by atoms with Crippen molar-refractivity contribution in [1.29, 1.82) is 0 Å². The maximum absolute atomic E-state index is 5.51. The minimum absolute atomic E-state index is 0.416. The number of hydrogen-bond donors (Lipinski definition) is 2. The Morgan fingerprint density at radius 2 is 2.11 bits per heavy atom. The Morgan fingerprint density at radius 1 is 1.22 bits per heavy atom. The summed E-state index contributed by atoms with van der Waals surface area (Å²) in [5.41, 5.74) is 10.5. The zero-order valence-electron chi connectivity index (χ0n) is 10.1. The van der Waals surface area contributed by atoms with Crippen molar-refractivity contribution in [3.05, 3.63) is 47.9 Å². The number of hydrogen-bond acceptors (Lipinski definition) is 3. The van der Waals surface area contributed by atoms with Crippen LogP contribution in [0.15, 0.2) is 36.7 Å². The van der Waals surface area contributed by atoms with E-state index in [9.17, 15) is 0 Å². The van der Waals surface area contributed by atoms with Gasteiger partial charge in [0.1, 0.15) is 5.69 Å². The van der Waals surface area contributed by atoms with Crippen LogP contribution in [0.25, 0.3) is 22.3 Å². The van der Waals surface area contributed by atoms with E-state index in [-0.39, 0.29) is 0 Å². The van der Waals surface area contributed by atoms with Gasteiger partial charge in [0.25, 0.3) is 0 Å².